The zero-order valence-electron chi connectivity index (χ0n) is 16.3. The molecule has 3 N–H and O–H groups in total. The molecule has 0 saturated heterocycles. The minimum Gasteiger partial charge on any atom is -0.354 e. The molecular weight excluding hydrogens is 372 g/mol. The zero-order chi connectivity index (χ0) is 19.6. The first-order valence-electron chi connectivity index (χ1n) is 10.2. The molecular formula is C26H24N2S. The van der Waals surface area contributed by atoms with Crippen molar-refractivity contribution < 1.29 is 0 Å². The van der Waals surface area contributed by atoms with Gasteiger partial charge in [-0.15, -0.1) is 11.3 Å². The van der Waals surface area contributed by atoms with Crippen LogP contribution in [0.3, 0.4) is 0 Å². The number of aromatic nitrogens is 1. The van der Waals surface area contributed by atoms with Gasteiger partial charge < -0.3 is 10.7 Å². The Hall–Kier alpha value is -2.88. The largest absolute Gasteiger partial charge is 0.354 e. The molecule has 3 aromatic carbocycles. The quantitative estimate of drug-likeness (QED) is 0.298. The normalized spacial score (nSPS) is 11.5. The number of nitrogens with one attached hydrogen (secondary N) is 1. The fourth-order valence-electron chi connectivity index (χ4n) is 4.08. The Morgan fingerprint density at radius 3 is 2.45 bits per heavy atom. The SMILES string of the molecule is NCCCCc1c(-c2cc3ccccc3s2)[nH]c2ccc(-c3ccccc3)cc12. The van der Waals surface area contributed by atoms with E-state index in [9.17, 15) is 0 Å². The van der Waals surface area contributed by atoms with Crippen LogP contribution < -0.4 is 5.73 Å². The number of unbranched alkanes of at least 4 members (excludes halogenated alkanes) is 1. The van der Waals surface area contributed by atoms with E-state index in [0.29, 0.717) is 0 Å². The number of nitrogens with two attached hydrogens (primary N) is 1. The molecule has 5 aromatic rings. The number of H-pyrrole nitrogens is 1. The van der Waals surface area contributed by atoms with E-state index in [2.05, 4.69) is 83.8 Å². The summed E-state index contributed by atoms with van der Waals surface area (Å²) in [6.45, 7) is 0.746. The van der Waals surface area contributed by atoms with Gasteiger partial charge in [-0.25, -0.2) is 0 Å². The van der Waals surface area contributed by atoms with Crippen molar-refractivity contribution >= 4 is 32.3 Å². The van der Waals surface area contributed by atoms with Crippen molar-refractivity contribution in [2.24, 2.45) is 5.73 Å². The fourth-order valence-corrected chi connectivity index (χ4v) is 5.17. The molecule has 0 bridgehead atoms. The van der Waals surface area contributed by atoms with Crippen LogP contribution in [0.2, 0.25) is 0 Å². The van der Waals surface area contributed by atoms with Crippen LogP contribution in [-0.2, 0) is 6.42 Å². The Labute approximate surface area is 175 Å². The molecule has 2 heterocycles. The van der Waals surface area contributed by atoms with E-state index < -0.39 is 0 Å². The predicted molar refractivity (Wildman–Crippen MR) is 127 cm³/mol. The third-order valence-corrected chi connectivity index (χ3v) is 6.70. The lowest BCUT2D eigenvalue weighted by molar-refractivity contribution is 0.748. The van der Waals surface area contributed by atoms with Gasteiger partial charge in [-0.3, -0.25) is 0 Å². The van der Waals surface area contributed by atoms with Gasteiger partial charge in [0.1, 0.15) is 0 Å². The summed E-state index contributed by atoms with van der Waals surface area (Å²) in [4.78, 5) is 5.04. The minimum absolute atomic E-state index is 0.746. The molecule has 0 amide bonds. The standard InChI is InChI=1S/C26H24N2S/c27-15-7-6-11-21-22-16-19(18-8-2-1-3-9-18)13-14-23(22)28-26(21)25-17-20-10-4-5-12-24(20)29-25/h1-5,8-10,12-14,16-17,28H,6-7,11,15,27H2. The summed E-state index contributed by atoms with van der Waals surface area (Å²) in [5.74, 6) is 0. The van der Waals surface area contributed by atoms with Crippen LogP contribution >= 0.6 is 11.3 Å². The van der Waals surface area contributed by atoms with E-state index in [1.807, 2.05) is 11.3 Å². The molecule has 144 valence electrons. The summed E-state index contributed by atoms with van der Waals surface area (Å²) < 4.78 is 1.33. The highest BCUT2D eigenvalue weighted by Gasteiger charge is 2.16. The summed E-state index contributed by atoms with van der Waals surface area (Å²) >= 11 is 1.86. The van der Waals surface area contributed by atoms with Crippen molar-refractivity contribution in [1.82, 2.24) is 4.98 Å². The van der Waals surface area contributed by atoms with Gasteiger partial charge in [-0.05, 0) is 72.1 Å². The predicted octanol–water partition coefficient (Wildman–Crippen LogP) is 7.00. The molecule has 0 radical (unpaired) electrons. The highest BCUT2D eigenvalue weighted by molar-refractivity contribution is 7.22. The molecule has 0 aliphatic heterocycles. The number of fused-ring (bicyclic) bond motifs is 2. The molecule has 0 saturated carbocycles. The van der Waals surface area contributed by atoms with Crippen LogP contribution in [-0.4, -0.2) is 11.5 Å². The van der Waals surface area contributed by atoms with Gasteiger partial charge in [0.15, 0.2) is 0 Å². The number of aryl methyl sites for hydroxylation is 1. The van der Waals surface area contributed by atoms with Gasteiger partial charge in [0.2, 0.25) is 0 Å². The average Bonchev–Trinajstić information content (AvgIpc) is 3.35. The van der Waals surface area contributed by atoms with E-state index >= 15 is 0 Å². The second-order valence-corrected chi connectivity index (χ2v) is 8.58. The second-order valence-electron chi connectivity index (χ2n) is 7.50. The molecule has 3 heteroatoms. The topological polar surface area (TPSA) is 41.8 Å². The van der Waals surface area contributed by atoms with Crippen LogP contribution in [0.4, 0.5) is 0 Å². The number of aromatic amines is 1. The highest BCUT2D eigenvalue weighted by Crippen LogP contribution is 2.39. The molecule has 0 aliphatic carbocycles. The highest BCUT2D eigenvalue weighted by atomic mass is 32.1. The van der Waals surface area contributed by atoms with Gasteiger partial charge in [0.25, 0.3) is 0 Å². The molecule has 5 rings (SSSR count). The molecule has 0 fully saturated rings. The van der Waals surface area contributed by atoms with E-state index in [1.165, 1.54) is 48.3 Å². The smallest absolute Gasteiger partial charge is 0.0599 e. The average molecular weight is 397 g/mol. The summed E-state index contributed by atoms with van der Waals surface area (Å²) in [5, 5.41) is 2.64. The number of thiophene rings is 1. The summed E-state index contributed by atoms with van der Waals surface area (Å²) in [6.07, 6.45) is 3.20. The Bertz CT molecular complexity index is 1230. The number of hydrogen-bond donors (Lipinski definition) is 2. The van der Waals surface area contributed by atoms with Gasteiger partial charge in [-0.1, -0.05) is 54.6 Å². The maximum Gasteiger partial charge on any atom is 0.0599 e. The number of benzene rings is 3. The lowest BCUT2D eigenvalue weighted by Gasteiger charge is -2.05. The van der Waals surface area contributed by atoms with E-state index in [4.69, 9.17) is 5.73 Å². The Kier molecular flexibility index (Phi) is 4.92. The Morgan fingerprint density at radius 2 is 1.62 bits per heavy atom. The van der Waals surface area contributed by atoms with Crippen molar-refractivity contribution in [2.75, 3.05) is 6.54 Å². The Balaban J connectivity index is 1.66. The first-order chi connectivity index (χ1) is 14.3. The molecule has 0 aliphatic rings. The fraction of sp³-hybridized carbons (Fsp3) is 0.154. The van der Waals surface area contributed by atoms with Crippen LogP contribution in [0, 0.1) is 0 Å². The minimum atomic E-state index is 0.746. The van der Waals surface area contributed by atoms with Crippen LogP contribution in [0.1, 0.15) is 18.4 Å². The third-order valence-electron chi connectivity index (χ3n) is 5.57. The van der Waals surface area contributed by atoms with Crippen LogP contribution in [0.25, 0.3) is 42.7 Å². The molecule has 2 nitrogen and oxygen atoms in total. The van der Waals surface area contributed by atoms with Gasteiger partial charge in [-0.2, -0.15) is 0 Å². The van der Waals surface area contributed by atoms with Gasteiger partial charge in [0, 0.05) is 15.6 Å². The van der Waals surface area contributed by atoms with Gasteiger partial charge >= 0.3 is 0 Å². The number of rotatable bonds is 6. The van der Waals surface area contributed by atoms with Crippen molar-refractivity contribution in [3.63, 3.8) is 0 Å². The molecule has 2 aromatic heterocycles. The van der Waals surface area contributed by atoms with E-state index in [-0.39, 0.29) is 0 Å². The van der Waals surface area contributed by atoms with Crippen molar-refractivity contribution in [3.8, 4) is 21.7 Å². The summed E-state index contributed by atoms with van der Waals surface area (Å²) in [7, 11) is 0. The summed E-state index contributed by atoms with van der Waals surface area (Å²) in [5.41, 5.74) is 12.2. The van der Waals surface area contributed by atoms with Crippen molar-refractivity contribution in [3.05, 3.63) is 84.4 Å². The molecule has 0 spiro atoms. The second kappa shape index (κ2) is 7.86. The van der Waals surface area contributed by atoms with Crippen LogP contribution in [0.5, 0.6) is 0 Å². The van der Waals surface area contributed by atoms with Crippen molar-refractivity contribution in [2.45, 2.75) is 19.3 Å². The molecule has 0 atom stereocenters. The third kappa shape index (κ3) is 3.48. The van der Waals surface area contributed by atoms with Crippen LogP contribution in [0.15, 0.2) is 78.9 Å². The monoisotopic (exact) mass is 396 g/mol. The first-order valence-corrected chi connectivity index (χ1v) is 11.0. The van der Waals surface area contributed by atoms with Crippen molar-refractivity contribution in [1.29, 1.82) is 0 Å². The molecule has 29 heavy (non-hydrogen) atoms. The maximum atomic E-state index is 5.78. The van der Waals surface area contributed by atoms with E-state index in [0.717, 1.165) is 25.8 Å². The maximum absolute atomic E-state index is 5.78. The molecule has 0 unspecified atom stereocenters. The van der Waals surface area contributed by atoms with Gasteiger partial charge in [0.05, 0.1) is 10.6 Å². The lowest BCUT2D eigenvalue weighted by atomic mass is 9.99. The zero-order valence-corrected chi connectivity index (χ0v) is 17.1. The first kappa shape index (κ1) is 18.2. The van der Waals surface area contributed by atoms with E-state index in [1.54, 1.807) is 0 Å². The number of hydrogen-bond acceptors (Lipinski definition) is 2. The Morgan fingerprint density at radius 1 is 0.793 bits per heavy atom. The lowest BCUT2D eigenvalue weighted by Crippen LogP contribution is -1.99. The summed E-state index contributed by atoms with van der Waals surface area (Å²) in [6, 6.07) is 28.3.